The van der Waals surface area contributed by atoms with Crippen molar-refractivity contribution in [3.8, 4) is 0 Å². The molecule has 4 rings (SSSR count). The van der Waals surface area contributed by atoms with Crippen molar-refractivity contribution in [1.82, 2.24) is 0 Å². The van der Waals surface area contributed by atoms with E-state index in [-0.39, 0.29) is 34.8 Å². The molecule has 0 N–H and O–H groups in total. The first-order valence-electron chi connectivity index (χ1n) is 7.81. The van der Waals surface area contributed by atoms with Gasteiger partial charge in [-0.25, -0.2) is 9.29 Å². The van der Waals surface area contributed by atoms with Gasteiger partial charge in [-0.15, -0.1) is 0 Å². The fourth-order valence-electron chi connectivity index (χ4n) is 4.80. The Morgan fingerprint density at radius 1 is 1.27 bits per heavy atom. The molecule has 1 spiro atoms. The first kappa shape index (κ1) is 13.7. The van der Waals surface area contributed by atoms with Gasteiger partial charge in [0.25, 0.3) is 0 Å². The van der Waals surface area contributed by atoms with Gasteiger partial charge in [-0.05, 0) is 48.1 Å². The van der Waals surface area contributed by atoms with E-state index >= 15 is 0 Å². The summed E-state index contributed by atoms with van der Waals surface area (Å²) in [5.41, 5.74) is 0.301. The normalized spacial score (nSPS) is 33.2. The van der Waals surface area contributed by atoms with Crippen LogP contribution in [-0.4, -0.2) is 12.3 Å². The second kappa shape index (κ2) is 4.51. The van der Waals surface area contributed by atoms with E-state index in [9.17, 15) is 14.0 Å². The summed E-state index contributed by atoms with van der Waals surface area (Å²) in [5.74, 6) is -0.192. The van der Waals surface area contributed by atoms with Crippen LogP contribution in [0.15, 0.2) is 36.4 Å². The van der Waals surface area contributed by atoms with Crippen LogP contribution < -0.4 is 4.90 Å². The Labute approximate surface area is 128 Å². The summed E-state index contributed by atoms with van der Waals surface area (Å²) in [6.45, 7) is 2.08. The molecule has 4 heteroatoms. The number of carbonyl (C=O) groups is 2. The molecule has 114 valence electrons. The van der Waals surface area contributed by atoms with E-state index in [1.807, 2.05) is 0 Å². The fourth-order valence-corrected chi connectivity index (χ4v) is 4.80. The Balaban J connectivity index is 1.68. The number of rotatable bonds is 3. The number of allylic oxidation sites excluding steroid dienone is 2. The van der Waals surface area contributed by atoms with Crippen molar-refractivity contribution in [2.75, 3.05) is 4.90 Å². The van der Waals surface area contributed by atoms with Crippen molar-refractivity contribution in [2.24, 2.45) is 29.1 Å². The van der Waals surface area contributed by atoms with Crippen LogP contribution in [0.25, 0.3) is 0 Å². The lowest BCUT2D eigenvalue weighted by molar-refractivity contribution is -0.127. The molecule has 2 amide bonds. The molecule has 2 saturated carbocycles. The molecule has 0 saturated heterocycles. The SMILES string of the molecule is C[C@H]1[C@@H](C(=O)N(C=O)c2ccccc2F)[C@@H]2C=C[C@@H]1C21CC1. The number of hydrogen-bond acceptors (Lipinski definition) is 2. The van der Waals surface area contributed by atoms with Gasteiger partial charge in [0, 0.05) is 5.92 Å². The van der Waals surface area contributed by atoms with Gasteiger partial charge < -0.3 is 0 Å². The highest BCUT2D eigenvalue weighted by atomic mass is 19.1. The number of para-hydroxylation sites is 1. The van der Waals surface area contributed by atoms with Crippen LogP contribution >= 0.6 is 0 Å². The number of halogens is 1. The second-order valence-corrected chi connectivity index (χ2v) is 6.82. The molecular formula is C18H18FNO2. The van der Waals surface area contributed by atoms with E-state index in [1.54, 1.807) is 12.1 Å². The molecule has 3 nitrogen and oxygen atoms in total. The average Bonchev–Trinajstić information content (AvgIpc) is 3.17. The summed E-state index contributed by atoms with van der Waals surface area (Å²) < 4.78 is 14.0. The highest BCUT2D eigenvalue weighted by molar-refractivity contribution is 6.08. The van der Waals surface area contributed by atoms with Gasteiger partial charge in [0.15, 0.2) is 0 Å². The van der Waals surface area contributed by atoms with E-state index in [1.165, 1.54) is 12.1 Å². The van der Waals surface area contributed by atoms with Crippen LogP contribution in [0.2, 0.25) is 0 Å². The summed E-state index contributed by atoms with van der Waals surface area (Å²) in [6, 6.07) is 5.93. The Bertz CT molecular complexity index is 679. The summed E-state index contributed by atoms with van der Waals surface area (Å²) in [7, 11) is 0. The Hall–Kier alpha value is -1.97. The summed E-state index contributed by atoms with van der Waals surface area (Å²) in [6.07, 6.45) is 7.14. The minimum Gasteiger partial charge on any atom is -0.278 e. The first-order valence-corrected chi connectivity index (χ1v) is 7.81. The van der Waals surface area contributed by atoms with Crippen LogP contribution in [0.1, 0.15) is 19.8 Å². The highest BCUT2D eigenvalue weighted by Crippen LogP contribution is 2.72. The number of nitrogens with zero attached hydrogens (tertiary/aromatic N) is 1. The van der Waals surface area contributed by atoms with Crippen LogP contribution in [0.3, 0.4) is 0 Å². The minimum absolute atomic E-state index is 0.0475. The maximum Gasteiger partial charge on any atom is 0.237 e. The van der Waals surface area contributed by atoms with Crippen LogP contribution in [-0.2, 0) is 9.59 Å². The maximum atomic E-state index is 14.0. The zero-order valence-corrected chi connectivity index (χ0v) is 12.4. The topological polar surface area (TPSA) is 37.4 Å². The molecule has 1 aromatic carbocycles. The van der Waals surface area contributed by atoms with E-state index < -0.39 is 5.82 Å². The average molecular weight is 299 g/mol. The monoisotopic (exact) mass is 299 g/mol. The number of amides is 2. The van der Waals surface area contributed by atoms with Gasteiger partial charge in [-0.1, -0.05) is 31.2 Å². The smallest absolute Gasteiger partial charge is 0.237 e. The van der Waals surface area contributed by atoms with Crippen molar-refractivity contribution in [3.63, 3.8) is 0 Å². The minimum atomic E-state index is -0.546. The molecule has 0 aliphatic heterocycles. The van der Waals surface area contributed by atoms with E-state index in [0.29, 0.717) is 12.3 Å². The highest BCUT2D eigenvalue weighted by Gasteiger charge is 2.67. The molecule has 22 heavy (non-hydrogen) atoms. The molecular weight excluding hydrogens is 281 g/mol. The lowest BCUT2D eigenvalue weighted by Crippen LogP contribution is -2.40. The molecule has 0 heterocycles. The Kier molecular flexibility index (Phi) is 2.80. The summed E-state index contributed by atoms with van der Waals surface area (Å²) in [4.78, 5) is 25.4. The zero-order valence-electron chi connectivity index (χ0n) is 12.4. The predicted octanol–water partition coefficient (Wildman–Crippen LogP) is 3.16. The van der Waals surface area contributed by atoms with E-state index in [2.05, 4.69) is 19.1 Å². The number of benzene rings is 1. The number of imide groups is 1. The molecule has 3 aliphatic carbocycles. The lowest BCUT2D eigenvalue weighted by atomic mass is 9.83. The second-order valence-electron chi connectivity index (χ2n) is 6.82. The van der Waals surface area contributed by atoms with Crippen molar-refractivity contribution < 1.29 is 14.0 Å². The molecule has 0 aromatic heterocycles. The Morgan fingerprint density at radius 3 is 2.55 bits per heavy atom. The molecule has 0 radical (unpaired) electrons. The largest absolute Gasteiger partial charge is 0.278 e. The molecule has 2 bridgehead atoms. The number of anilines is 1. The van der Waals surface area contributed by atoms with Crippen molar-refractivity contribution in [2.45, 2.75) is 19.8 Å². The lowest BCUT2D eigenvalue weighted by Gasteiger charge is -2.27. The molecule has 3 aliphatic rings. The zero-order chi connectivity index (χ0) is 15.5. The number of carbonyl (C=O) groups excluding carboxylic acids is 2. The predicted molar refractivity (Wildman–Crippen MR) is 80.4 cm³/mol. The van der Waals surface area contributed by atoms with Crippen LogP contribution in [0, 0.1) is 34.9 Å². The van der Waals surface area contributed by atoms with Gasteiger partial charge >= 0.3 is 0 Å². The van der Waals surface area contributed by atoms with Crippen LogP contribution in [0.4, 0.5) is 10.1 Å². The Morgan fingerprint density at radius 2 is 1.95 bits per heavy atom. The summed E-state index contributed by atoms with van der Waals surface area (Å²) in [5, 5.41) is 0. The van der Waals surface area contributed by atoms with Gasteiger partial charge in [0.1, 0.15) is 5.82 Å². The van der Waals surface area contributed by atoms with Crippen molar-refractivity contribution >= 4 is 18.0 Å². The van der Waals surface area contributed by atoms with Crippen molar-refractivity contribution in [3.05, 3.63) is 42.2 Å². The van der Waals surface area contributed by atoms with Crippen molar-refractivity contribution in [1.29, 1.82) is 0 Å². The van der Waals surface area contributed by atoms with Crippen LogP contribution in [0.5, 0.6) is 0 Å². The maximum absolute atomic E-state index is 14.0. The molecule has 4 atom stereocenters. The van der Waals surface area contributed by atoms with Gasteiger partial charge in [0.05, 0.1) is 5.69 Å². The van der Waals surface area contributed by atoms with Gasteiger partial charge in [0.2, 0.25) is 12.3 Å². The third-order valence-electron chi connectivity index (χ3n) is 5.94. The summed E-state index contributed by atoms with van der Waals surface area (Å²) >= 11 is 0. The fraction of sp³-hybridized carbons (Fsp3) is 0.444. The third kappa shape index (κ3) is 1.61. The quantitative estimate of drug-likeness (QED) is 0.635. The number of hydrogen-bond donors (Lipinski definition) is 0. The van der Waals surface area contributed by atoms with E-state index in [4.69, 9.17) is 0 Å². The van der Waals surface area contributed by atoms with E-state index in [0.717, 1.165) is 17.7 Å². The molecule has 1 aromatic rings. The van der Waals surface area contributed by atoms with Gasteiger partial charge in [-0.2, -0.15) is 0 Å². The first-order chi connectivity index (χ1) is 10.6. The third-order valence-corrected chi connectivity index (χ3v) is 5.94. The van der Waals surface area contributed by atoms with Gasteiger partial charge in [-0.3, -0.25) is 9.59 Å². The molecule has 2 fully saturated rings. The standard InChI is InChI=1S/C18H18FNO2/c1-11-12-6-7-13(18(12)8-9-18)16(11)17(22)20(10-21)15-5-3-2-4-14(15)19/h2-7,10-13,16H,8-9H2,1H3/t11-,12+,13+,16-/m1/s1. The molecule has 0 unspecified atom stereocenters.